The van der Waals surface area contributed by atoms with Crippen LogP contribution in [0.15, 0.2) is 36.4 Å². The monoisotopic (exact) mass is 211 g/mol. The van der Waals surface area contributed by atoms with E-state index >= 15 is 0 Å². The number of carbonyl (C=O) groups excluding carboxylic acids is 1. The second-order valence-corrected chi connectivity index (χ2v) is 3.70. The van der Waals surface area contributed by atoms with Gasteiger partial charge < -0.3 is 0 Å². The van der Waals surface area contributed by atoms with E-state index in [-0.39, 0.29) is 0 Å². The molecule has 0 fully saturated rings. The maximum absolute atomic E-state index is 11.0. The molecule has 2 heteroatoms. The fourth-order valence-corrected chi connectivity index (χ4v) is 1.65. The van der Waals surface area contributed by atoms with Crippen LogP contribution < -0.4 is 0 Å². The summed E-state index contributed by atoms with van der Waals surface area (Å²) in [5.74, 6) is 0. The number of nitrogens with zero attached hydrogens (tertiary/aromatic N) is 1. The number of rotatable bonds is 2. The number of allylic oxidation sites excluding steroid dienone is 2. The third kappa shape index (κ3) is 1.74. The van der Waals surface area contributed by atoms with E-state index in [1.165, 1.54) is 0 Å². The van der Waals surface area contributed by atoms with Gasteiger partial charge in [-0.2, -0.15) is 0 Å². The Bertz CT molecular complexity index is 570. The average molecular weight is 211 g/mol. The number of benzene rings is 1. The quantitative estimate of drug-likeness (QED) is 0.712. The standard InChI is InChI=1S/C14H13NO/c1-3-10(2)14-8-11(9-16)12-6-4-5-7-13(12)15-14/h3-9H,1-2H3. The highest BCUT2D eigenvalue weighted by Crippen LogP contribution is 2.20. The van der Waals surface area contributed by atoms with Gasteiger partial charge in [-0.3, -0.25) is 4.79 Å². The summed E-state index contributed by atoms with van der Waals surface area (Å²) in [6.07, 6.45) is 2.88. The number of hydrogen-bond acceptors (Lipinski definition) is 2. The van der Waals surface area contributed by atoms with Crippen molar-refractivity contribution in [2.75, 3.05) is 0 Å². The Morgan fingerprint density at radius 3 is 2.75 bits per heavy atom. The van der Waals surface area contributed by atoms with E-state index in [9.17, 15) is 4.79 Å². The molecule has 1 aromatic carbocycles. The molecule has 1 aromatic heterocycles. The minimum Gasteiger partial charge on any atom is -0.298 e. The van der Waals surface area contributed by atoms with Crippen LogP contribution in [0.5, 0.6) is 0 Å². The summed E-state index contributed by atoms with van der Waals surface area (Å²) in [7, 11) is 0. The molecule has 2 nitrogen and oxygen atoms in total. The summed E-state index contributed by atoms with van der Waals surface area (Å²) in [6.45, 7) is 3.96. The van der Waals surface area contributed by atoms with Crippen LogP contribution in [-0.2, 0) is 0 Å². The molecular weight excluding hydrogens is 198 g/mol. The Hall–Kier alpha value is -1.96. The van der Waals surface area contributed by atoms with E-state index in [0.717, 1.165) is 28.5 Å². The summed E-state index contributed by atoms with van der Waals surface area (Å²) >= 11 is 0. The number of para-hydroxylation sites is 1. The van der Waals surface area contributed by atoms with Crippen molar-refractivity contribution in [2.24, 2.45) is 0 Å². The van der Waals surface area contributed by atoms with Crippen LogP contribution >= 0.6 is 0 Å². The minimum absolute atomic E-state index is 0.696. The van der Waals surface area contributed by atoms with Gasteiger partial charge in [0.15, 0.2) is 6.29 Å². The zero-order valence-electron chi connectivity index (χ0n) is 9.40. The first kappa shape index (κ1) is 10.6. The molecule has 0 aliphatic rings. The van der Waals surface area contributed by atoms with Crippen LogP contribution in [0.4, 0.5) is 0 Å². The molecule has 0 N–H and O–H groups in total. The Balaban J connectivity index is 2.78. The van der Waals surface area contributed by atoms with E-state index in [1.54, 1.807) is 0 Å². The van der Waals surface area contributed by atoms with Gasteiger partial charge in [0.1, 0.15) is 0 Å². The van der Waals surface area contributed by atoms with Crippen LogP contribution in [0.2, 0.25) is 0 Å². The van der Waals surface area contributed by atoms with E-state index < -0.39 is 0 Å². The third-order valence-corrected chi connectivity index (χ3v) is 2.71. The normalized spacial score (nSPS) is 11.8. The zero-order valence-corrected chi connectivity index (χ0v) is 9.40. The van der Waals surface area contributed by atoms with Crippen molar-refractivity contribution in [2.45, 2.75) is 13.8 Å². The lowest BCUT2D eigenvalue weighted by atomic mass is 10.1. The van der Waals surface area contributed by atoms with Crippen molar-refractivity contribution in [3.63, 3.8) is 0 Å². The number of carbonyl (C=O) groups is 1. The SMILES string of the molecule is CC=C(C)c1cc(C=O)c2ccccc2n1. The summed E-state index contributed by atoms with van der Waals surface area (Å²) in [6, 6.07) is 9.53. The first-order chi connectivity index (χ1) is 7.76. The maximum atomic E-state index is 11.0. The second kappa shape index (κ2) is 4.27. The summed E-state index contributed by atoms with van der Waals surface area (Å²) in [5.41, 5.74) is 3.50. The molecule has 0 saturated carbocycles. The first-order valence-corrected chi connectivity index (χ1v) is 5.24. The van der Waals surface area contributed by atoms with Crippen molar-refractivity contribution in [1.29, 1.82) is 0 Å². The van der Waals surface area contributed by atoms with Crippen molar-refractivity contribution in [3.8, 4) is 0 Å². The summed E-state index contributed by atoms with van der Waals surface area (Å²) in [4.78, 5) is 15.6. The summed E-state index contributed by atoms with van der Waals surface area (Å²) < 4.78 is 0. The molecule has 0 aliphatic carbocycles. The Morgan fingerprint density at radius 2 is 2.06 bits per heavy atom. The van der Waals surface area contributed by atoms with E-state index in [4.69, 9.17) is 0 Å². The average Bonchev–Trinajstić information content (AvgIpc) is 2.36. The predicted octanol–water partition coefficient (Wildman–Crippen LogP) is 3.47. The number of pyridine rings is 1. The van der Waals surface area contributed by atoms with Gasteiger partial charge in [-0.25, -0.2) is 4.98 Å². The molecule has 1 heterocycles. The topological polar surface area (TPSA) is 30.0 Å². The van der Waals surface area contributed by atoms with E-state index in [0.29, 0.717) is 5.56 Å². The molecule has 0 bridgehead atoms. The van der Waals surface area contributed by atoms with Gasteiger partial charge in [-0.1, -0.05) is 24.3 Å². The molecule has 16 heavy (non-hydrogen) atoms. The number of aldehydes is 1. The lowest BCUT2D eigenvalue weighted by Crippen LogP contribution is -1.92. The molecule has 0 radical (unpaired) electrons. The van der Waals surface area contributed by atoms with Gasteiger partial charge in [0.2, 0.25) is 0 Å². The summed E-state index contributed by atoms with van der Waals surface area (Å²) in [5, 5.41) is 0.908. The number of hydrogen-bond donors (Lipinski definition) is 0. The first-order valence-electron chi connectivity index (χ1n) is 5.24. The van der Waals surface area contributed by atoms with Gasteiger partial charge in [0.25, 0.3) is 0 Å². The predicted molar refractivity (Wildman–Crippen MR) is 66.5 cm³/mol. The van der Waals surface area contributed by atoms with Crippen molar-refractivity contribution in [1.82, 2.24) is 4.98 Å². The van der Waals surface area contributed by atoms with Crippen molar-refractivity contribution in [3.05, 3.63) is 47.7 Å². The highest BCUT2D eigenvalue weighted by Gasteiger charge is 2.05. The minimum atomic E-state index is 0.696. The van der Waals surface area contributed by atoms with Gasteiger partial charge in [0, 0.05) is 10.9 Å². The third-order valence-electron chi connectivity index (χ3n) is 2.71. The van der Waals surface area contributed by atoms with E-state index in [1.807, 2.05) is 50.3 Å². The van der Waals surface area contributed by atoms with Crippen LogP contribution in [0, 0.1) is 0 Å². The van der Waals surface area contributed by atoms with Gasteiger partial charge in [0.05, 0.1) is 11.2 Å². The van der Waals surface area contributed by atoms with Crippen molar-refractivity contribution < 1.29 is 4.79 Å². The fourth-order valence-electron chi connectivity index (χ4n) is 1.65. The van der Waals surface area contributed by atoms with Crippen LogP contribution in [0.25, 0.3) is 16.5 Å². The molecule has 0 atom stereocenters. The molecule has 80 valence electrons. The fraction of sp³-hybridized carbons (Fsp3) is 0.143. The van der Waals surface area contributed by atoms with E-state index in [2.05, 4.69) is 4.98 Å². The molecule has 0 amide bonds. The van der Waals surface area contributed by atoms with Crippen LogP contribution in [0.3, 0.4) is 0 Å². The molecule has 0 saturated heterocycles. The lowest BCUT2D eigenvalue weighted by Gasteiger charge is -2.05. The second-order valence-electron chi connectivity index (χ2n) is 3.70. The molecule has 2 aromatic rings. The largest absolute Gasteiger partial charge is 0.298 e. The molecule has 0 unspecified atom stereocenters. The number of aromatic nitrogens is 1. The number of fused-ring (bicyclic) bond motifs is 1. The Labute approximate surface area is 94.6 Å². The van der Waals surface area contributed by atoms with Gasteiger partial charge in [-0.15, -0.1) is 0 Å². The van der Waals surface area contributed by atoms with Crippen LogP contribution in [0.1, 0.15) is 29.9 Å². The maximum Gasteiger partial charge on any atom is 0.150 e. The van der Waals surface area contributed by atoms with Gasteiger partial charge in [-0.05, 0) is 31.6 Å². The Kier molecular flexibility index (Phi) is 2.82. The van der Waals surface area contributed by atoms with Crippen molar-refractivity contribution >= 4 is 22.8 Å². The smallest absolute Gasteiger partial charge is 0.150 e. The molecule has 0 spiro atoms. The lowest BCUT2D eigenvalue weighted by molar-refractivity contribution is 0.112. The van der Waals surface area contributed by atoms with Gasteiger partial charge >= 0.3 is 0 Å². The highest BCUT2D eigenvalue weighted by atomic mass is 16.1. The zero-order chi connectivity index (χ0) is 11.5. The Morgan fingerprint density at radius 1 is 1.31 bits per heavy atom. The van der Waals surface area contributed by atoms with Crippen LogP contribution in [-0.4, -0.2) is 11.3 Å². The molecular formula is C14H13NO. The highest BCUT2D eigenvalue weighted by molar-refractivity contribution is 5.97. The molecule has 2 rings (SSSR count). The molecule has 0 aliphatic heterocycles.